The summed E-state index contributed by atoms with van der Waals surface area (Å²) in [5, 5.41) is 19.5. The van der Waals surface area contributed by atoms with E-state index in [4.69, 9.17) is 0 Å². The van der Waals surface area contributed by atoms with E-state index in [2.05, 4.69) is 4.98 Å². The third-order valence-corrected chi connectivity index (χ3v) is 4.30. The molecule has 2 N–H and O–H groups in total. The van der Waals surface area contributed by atoms with Crippen molar-refractivity contribution in [2.45, 2.75) is 25.7 Å². The fraction of sp³-hybridized carbons (Fsp3) is 0.312. The van der Waals surface area contributed by atoms with Crippen molar-refractivity contribution in [1.82, 2.24) is 4.98 Å². The summed E-state index contributed by atoms with van der Waals surface area (Å²) in [6.45, 7) is 1.81. The van der Waals surface area contributed by atoms with Gasteiger partial charge >= 0.3 is 11.9 Å². The molecule has 1 aliphatic carbocycles. The average molecular weight is 285 g/mol. The molecule has 2 atom stereocenters. The highest BCUT2D eigenvalue weighted by Crippen LogP contribution is 2.38. The van der Waals surface area contributed by atoms with Crippen LogP contribution in [0, 0.1) is 5.92 Å². The number of hydrogen-bond acceptors (Lipinski definition) is 3. The van der Waals surface area contributed by atoms with Crippen LogP contribution in [0.2, 0.25) is 0 Å². The minimum Gasteiger partial charge on any atom is -0.481 e. The number of carbonyl (C=O) groups is 2. The first-order chi connectivity index (χ1) is 10.0. The Morgan fingerprint density at radius 1 is 1.24 bits per heavy atom. The van der Waals surface area contributed by atoms with Crippen molar-refractivity contribution >= 4 is 22.8 Å². The largest absolute Gasteiger partial charge is 0.481 e. The van der Waals surface area contributed by atoms with Crippen LogP contribution in [0.25, 0.3) is 10.9 Å². The number of hydrogen-bond donors (Lipinski definition) is 2. The smallest absolute Gasteiger partial charge is 0.336 e. The van der Waals surface area contributed by atoms with Crippen LogP contribution in [0.15, 0.2) is 24.3 Å². The zero-order valence-corrected chi connectivity index (χ0v) is 11.5. The Labute approximate surface area is 121 Å². The Balaban J connectivity index is 2.30. The van der Waals surface area contributed by atoms with Gasteiger partial charge in [-0.25, -0.2) is 4.79 Å². The van der Waals surface area contributed by atoms with E-state index in [9.17, 15) is 19.8 Å². The van der Waals surface area contributed by atoms with Crippen LogP contribution in [0.3, 0.4) is 0 Å². The molecule has 0 radical (unpaired) electrons. The lowest BCUT2D eigenvalue weighted by Gasteiger charge is -2.29. The maximum Gasteiger partial charge on any atom is 0.336 e. The summed E-state index contributed by atoms with van der Waals surface area (Å²) in [6.07, 6.45) is 0.889. The molecule has 1 aliphatic rings. The monoisotopic (exact) mass is 285 g/mol. The molecule has 21 heavy (non-hydrogen) atoms. The minimum atomic E-state index is -0.981. The summed E-state index contributed by atoms with van der Waals surface area (Å²) < 4.78 is 0. The molecule has 3 rings (SSSR count). The zero-order chi connectivity index (χ0) is 15.1. The summed E-state index contributed by atoms with van der Waals surface area (Å²) in [5.41, 5.74) is 2.17. The molecular weight excluding hydrogens is 270 g/mol. The topological polar surface area (TPSA) is 87.5 Å². The van der Waals surface area contributed by atoms with Gasteiger partial charge in [-0.3, -0.25) is 9.78 Å². The summed E-state index contributed by atoms with van der Waals surface area (Å²) >= 11 is 0. The highest BCUT2D eigenvalue weighted by Gasteiger charge is 2.35. The van der Waals surface area contributed by atoms with Crippen LogP contribution in [0.4, 0.5) is 0 Å². The number of rotatable bonds is 2. The number of para-hydroxylation sites is 1. The van der Waals surface area contributed by atoms with Crippen molar-refractivity contribution in [3.05, 3.63) is 41.1 Å². The van der Waals surface area contributed by atoms with E-state index in [0.29, 0.717) is 35.0 Å². The lowest BCUT2D eigenvalue weighted by atomic mass is 9.77. The fourth-order valence-corrected chi connectivity index (χ4v) is 3.22. The van der Waals surface area contributed by atoms with Crippen LogP contribution >= 0.6 is 0 Å². The lowest BCUT2D eigenvalue weighted by Crippen LogP contribution is -2.28. The number of aliphatic carboxylic acids is 1. The predicted octanol–water partition coefficient (Wildman–Crippen LogP) is 2.68. The van der Waals surface area contributed by atoms with E-state index in [1.807, 2.05) is 6.92 Å². The molecule has 0 amide bonds. The quantitative estimate of drug-likeness (QED) is 0.885. The van der Waals surface area contributed by atoms with Gasteiger partial charge in [0.25, 0.3) is 0 Å². The van der Waals surface area contributed by atoms with Gasteiger partial charge in [0.1, 0.15) is 0 Å². The van der Waals surface area contributed by atoms with Gasteiger partial charge in [0.2, 0.25) is 0 Å². The standard InChI is InChI=1S/C16H15NO4/c1-8-9(15(18)19)6-7-11-13(16(20)21)10-4-2-3-5-12(10)17-14(8)11/h2-5,8-9H,6-7H2,1H3,(H,18,19)(H,20,21). The summed E-state index contributed by atoms with van der Waals surface area (Å²) in [7, 11) is 0. The maximum absolute atomic E-state index is 11.7. The second-order valence-electron chi connectivity index (χ2n) is 5.44. The first kappa shape index (κ1) is 13.5. The SMILES string of the molecule is CC1c2nc3ccccc3c(C(=O)O)c2CCC1C(=O)O. The zero-order valence-electron chi connectivity index (χ0n) is 11.5. The Kier molecular flexibility index (Phi) is 3.12. The molecule has 5 nitrogen and oxygen atoms in total. The van der Waals surface area contributed by atoms with Gasteiger partial charge in [0, 0.05) is 17.0 Å². The molecule has 0 saturated carbocycles. The number of aromatic carboxylic acids is 1. The molecule has 0 aliphatic heterocycles. The second kappa shape index (κ2) is 4.84. The van der Waals surface area contributed by atoms with Crippen molar-refractivity contribution in [2.75, 3.05) is 0 Å². The van der Waals surface area contributed by atoms with Gasteiger partial charge in [-0.2, -0.15) is 0 Å². The molecule has 5 heteroatoms. The minimum absolute atomic E-state index is 0.270. The van der Waals surface area contributed by atoms with Crippen LogP contribution in [0.5, 0.6) is 0 Å². The average Bonchev–Trinajstić information content (AvgIpc) is 2.45. The highest BCUT2D eigenvalue weighted by atomic mass is 16.4. The molecule has 1 aromatic heterocycles. The fourth-order valence-electron chi connectivity index (χ4n) is 3.22. The number of aromatic nitrogens is 1. The van der Waals surface area contributed by atoms with Gasteiger partial charge in [0.05, 0.1) is 17.0 Å². The molecule has 0 saturated heterocycles. The molecular formula is C16H15NO4. The molecule has 0 bridgehead atoms. The molecule has 108 valence electrons. The first-order valence-electron chi connectivity index (χ1n) is 6.88. The third kappa shape index (κ3) is 2.05. The molecule has 2 unspecified atom stereocenters. The van der Waals surface area contributed by atoms with Crippen LogP contribution in [0.1, 0.15) is 40.9 Å². The molecule has 1 aromatic carbocycles. The summed E-state index contributed by atoms with van der Waals surface area (Å²) in [4.78, 5) is 27.5. The van der Waals surface area contributed by atoms with Crippen molar-refractivity contribution in [1.29, 1.82) is 0 Å². The third-order valence-electron chi connectivity index (χ3n) is 4.30. The highest BCUT2D eigenvalue weighted by molar-refractivity contribution is 6.04. The van der Waals surface area contributed by atoms with Crippen molar-refractivity contribution < 1.29 is 19.8 Å². The van der Waals surface area contributed by atoms with E-state index in [-0.39, 0.29) is 11.5 Å². The molecule has 0 spiro atoms. The van der Waals surface area contributed by atoms with E-state index in [1.165, 1.54) is 0 Å². The molecule has 2 aromatic rings. The van der Waals surface area contributed by atoms with Gasteiger partial charge in [-0.15, -0.1) is 0 Å². The Morgan fingerprint density at radius 3 is 2.62 bits per heavy atom. The van der Waals surface area contributed by atoms with Crippen molar-refractivity contribution in [3.8, 4) is 0 Å². The number of pyridine rings is 1. The van der Waals surface area contributed by atoms with Gasteiger partial charge in [-0.1, -0.05) is 25.1 Å². The Hall–Kier alpha value is -2.43. The maximum atomic E-state index is 11.7. The van der Waals surface area contributed by atoms with Crippen LogP contribution in [-0.2, 0) is 11.2 Å². The number of benzene rings is 1. The molecule has 1 heterocycles. The predicted molar refractivity (Wildman–Crippen MR) is 76.6 cm³/mol. The van der Waals surface area contributed by atoms with Gasteiger partial charge in [0.15, 0.2) is 0 Å². The van der Waals surface area contributed by atoms with Crippen molar-refractivity contribution in [3.63, 3.8) is 0 Å². The van der Waals surface area contributed by atoms with E-state index >= 15 is 0 Å². The number of carboxylic acids is 2. The normalized spacial score (nSPS) is 21.0. The lowest BCUT2D eigenvalue weighted by molar-refractivity contribution is -0.142. The Morgan fingerprint density at radius 2 is 1.95 bits per heavy atom. The van der Waals surface area contributed by atoms with Gasteiger partial charge in [-0.05, 0) is 24.5 Å². The summed E-state index contributed by atoms with van der Waals surface area (Å²) in [5.74, 6) is -2.62. The molecule has 0 fully saturated rings. The number of fused-ring (bicyclic) bond motifs is 2. The van der Waals surface area contributed by atoms with E-state index in [1.54, 1.807) is 24.3 Å². The first-order valence-corrected chi connectivity index (χ1v) is 6.88. The van der Waals surface area contributed by atoms with Crippen molar-refractivity contribution in [2.24, 2.45) is 5.92 Å². The Bertz CT molecular complexity index is 753. The number of nitrogens with zero attached hydrogens (tertiary/aromatic N) is 1. The summed E-state index contributed by atoms with van der Waals surface area (Å²) in [6, 6.07) is 7.10. The van der Waals surface area contributed by atoms with Crippen LogP contribution < -0.4 is 0 Å². The van der Waals surface area contributed by atoms with E-state index in [0.717, 1.165) is 0 Å². The number of carboxylic acid groups (broad SMARTS) is 2. The van der Waals surface area contributed by atoms with Gasteiger partial charge < -0.3 is 10.2 Å². The van der Waals surface area contributed by atoms with Crippen LogP contribution in [-0.4, -0.2) is 27.1 Å². The second-order valence-corrected chi connectivity index (χ2v) is 5.44. The van der Waals surface area contributed by atoms with E-state index < -0.39 is 17.9 Å².